The molecule has 0 aliphatic carbocycles. The van der Waals surface area contributed by atoms with Crippen LogP contribution in [0, 0.1) is 42.6 Å². The van der Waals surface area contributed by atoms with Crippen molar-refractivity contribution in [1.82, 2.24) is 19.9 Å². The number of benzene rings is 2. The molecule has 40 heavy (non-hydrogen) atoms. The van der Waals surface area contributed by atoms with Gasteiger partial charge in [0.25, 0.3) is 0 Å². The second kappa shape index (κ2) is 13.0. The Bertz CT molecular complexity index is 1590. The minimum absolute atomic E-state index is 0. The van der Waals surface area contributed by atoms with Gasteiger partial charge >= 0.3 is 0 Å². The van der Waals surface area contributed by atoms with E-state index in [9.17, 15) is 17.6 Å². The molecule has 1 aliphatic heterocycles. The Hall–Kier alpha value is -4.50. The molecule has 204 valence electrons. The van der Waals surface area contributed by atoms with Gasteiger partial charge in [0.2, 0.25) is 0 Å². The number of para-hydroxylation sites is 1. The van der Waals surface area contributed by atoms with Crippen molar-refractivity contribution in [3.8, 4) is 11.4 Å². The van der Waals surface area contributed by atoms with E-state index in [1.54, 1.807) is 12.7 Å². The Morgan fingerprint density at radius 2 is 1.30 bits per heavy atom. The SMILES string of the molecule is Fc1c[c-]c(-c2ncccn2)c(F)n1.Fc1c[c-]c(N2[CH-]N(c3ccccc3)C(c3ccccc3)=N2)c(F)n1.[Pt]. The number of nitrogens with zero attached hydrogens (tertiary/aromatic N) is 7. The van der Waals surface area contributed by atoms with Crippen LogP contribution in [0.25, 0.3) is 11.4 Å². The van der Waals surface area contributed by atoms with E-state index in [1.807, 2.05) is 65.6 Å². The molecule has 6 rings (SSSR count). The molecule has 12 heteroatoms. The van der Waals surface area contributed by atoms with Gasteiger partial charge in [-0.25, -0.2) is 8.78 Å². The Morgan fingerprint density at radius 3 is 1.93 bits per heavy atom. The number of pyridine rings is 2. The first-order valence-electron chi connectivity index (χ1n) is 11.4. The first-order valence-corrected chi connectivity index (χ1v) is 11.4. The smallest absolute Gasteiger partial charge is 0.130 e. The largest absolute Gasteiger partial charge is 0.456 e. The summed E-state index contributed by atoms with van der Waals surface area (Å²) in [7, 11) is 0. The first kappa shape index (κ1) is 28.5. The van der Waals surface area contributed by atoms with Crippen molar-refractivity contribution in [2.24, 2.45) is 5.10 Å². The van der Waals surface area contributed by atoms with E-state index in [0.717, 1.165) is 23.4 Å². The van der Waals surface area contributed by atoms with Gasteiger partial charge in [0.15, 0.2) is 0 Å². The Labute approximate surface area is 241 Å². The predicted molar refractivity (Wildman–Crippen MR) is 136 cm³/mol. The number of hydrazone groups is 1. The van der Waals surface area contributed by atoms with Gasteiger partial charge in [-0.15, -0.1) is 18.8 Å². The van der Waals surface area contributed by atoms with Crippen molar-refractivity contribution in [2.75, 3.05) is 9.91 Å². The number of hydrogen-bond acceptors (Lipinski definition) is 7. The molecule has 0 atom stereocenters. The van der Waals surface area contributed by atoms with Gasteiger partial charge < -0.3 is 14.9 Å². The molecular weight excluding hydrogens is 705 g/mol. The fourth-order valence-electron chi connectivity index (χ4n) is 3.49. The van der Waals surface area contributed by atoms with E-state index < -0.39 is 23.8 Å². The van der Waals surface area contributed by atoms with Gasteiger partial charge in [-0.05, 0) is 23.9 Å². The van der Waals surface area contributed by atoms with Crippen molar-refractivity contribution in [1.29, 1.82) is 0 Å². The number of rotatable bonds is 4. The summed E-state index contributed by atoms with van der Waals surface area (Å²) in [5, 5.41) is 5.77. The van der Waals surface area contributed by atoms with Crippen LogP contribution in [0.4, 0.5) is 28.9 Å². The number of hydrogen-bond donors (Lipinski definition) is 0. The van der Waals surface area contributed by atoms with Gasteiger partial charge in [0.05, 0.1) is 11.8 Å². The van der Waals surface area contributed by atoms with Gasteiger partial charge in [-0.3, -0.25) is 23.7 Å². The van der Waals surface area contributed by atoms with E-state index in [0.29, 0.717) is 5.84 Å². The maximum atomic E-state index is 14.0. The predicted octanol–water partition coefficient (Wildman–Crippen LogP) is 5.58. The fourth-order valence-corrected chi connectivity index (χ4v) is 3.49. The minimum Gasteiger partial charge on any atom is -0.456 e. The zero-order valence-electron chi connectivity index (χ0n) is 20.2. The number of halogens is 4. The van der Waals surface area contributed by atoms with Gasteiger partial charge in [-0.2, -0.15) is 11.2 Å². The third-order valence-electron chi connectivity index (χ3n) is 5.22. The van der Waals surface area contributed by atoms with Crippen LogP contribution in [0.1, 0.15) is 5.56 Å². The Balaban J connectivity index is 0.000000210. The van der Waals surface area contributed by atoms with E-state index >= 15 is 0 Å². The van der Waals surface area contributed by atoms with E-state index in [4.69, 9.17) is 0 Å². The standard InChI is InChI=1S/C19H12F2N4.C9H4F2N3.Pt/c20-17-12-11-16(18(21)22-17)25-13-24(15-9-5-2-6-10-15)19(23-25)14-7-3-1-4-8-14;10-7-3-2-6(8(11)14-7)9-12-4-1-5-13-9;/h1-10,12-13H;1,3-5H;/q-2;-1;. The number of aromatic nitrogens is 4. The fraction of sp³-hybridized carbons (Fsp3) is 0. The molecule has 0 fully saturated rings. The quantitative estimate of drug-likeness (QED) is 0.137. The maximum absolute atomic E-state index is 14.0. The van der Waals surface area contributed by atoms with E-state index in [-0.39, 0.29) is 38.1 Å². The molecule has 0 unspecified atom stereocenters. The van der Waals surface area contributed by atoms with E-state index in [1.165, 1.54) is 17.4 Å². The summed E-state index contributed by atoms with van der Waals surface area (Å²) in [6.07, 6.45) is 2.91. The van der Waals surface area contributed by atoms with Crippen molar-refractivity contribution in [3.63, 3.8) is 0 Å². The second-order valence-electron chi connectivity index (χ2n) is 7.78. The molecule has 0 N–H and O–H groups in total. The Morgan fingerprint density at radius 1 is 0.700 bits per heavy atom. The summed E-state index contributed by atoms with van der Waals surface area (Å²) in [4.78, 5) is 15.6. The monoisotopic (exact) mass is 721 g/mol. The summed E-state index contributed by atoms with van der Waals surface area (Å²) in [6, 6.07) is 27.5. The molecule has 1 aliphatic rings. The summed E-state index contributed by atoms with van der Waals surface area (Å²) < 4.78 is 52.6. The molecule has 0 saturated heterocycles. The van der Waals surface area contributed by atoms with Crippen molar-refractivity contribution < 1.29 is 38.6 Å². The van der Waals surface area contributed by atoms with Crippen LogP contribution in [0.2, 0.25) is 0 Å². The van der Waals surface area contributed by atoms with Crippen molar-refractivity contribution >= 4 is 17.2 Å². The summed E-state index contributed by atoms with van der Waals surface area (Å²) in [5.74, 6) is -3.02. The third kappa shape index (κ3) is 6.55. The first-order chi connectivity index (χ1) is 19.0. The second-order valence-corrected chi connectivity index (χ2v) is 7.78. The van der Waals surface area contributed by atoms with Crippen molar-refractivity contribution in [3.05, 3.63) is 139 Å². The zero-order valence-corrected chi connectivity index (χ0v) is 22.5. The molecule has 0 amide bonds. The van der Waals surface area contributed by atoms with E-state index in [2.05, 4.69) is 37.2 Å². The molecule has 2 aromatic carbocycles. The number of amidine groups is 1. The van der Waals surface area contributed by atoms with Crippen LogP contribution in [-0.4, -0.2) is 25.8 Å². The van der Waals surface area contributed by atoms with Crippen LogP contribution in [0.5, 0.6) is 0 Å². The average molecular weight is 722 g/mol. The summed E-state index contributed by atoms with van der Waals surface area (Å²) >= 11 is 0. The molecule has 0 saturated carbocycles. The maximum Gasteiger partial charge on any atom is 0.130 e. The van der Waals surface area contributed by atoms with Crippen molar-refractivity contribution in [2.45, 2.75) is 0 Å². The molecule has 0 radical (unpaired) electrons. The van der Waals surface area contributed by atoms with Gasteiger partial charge in [0, 0.05) is 44.7 Å². The Kier molecular flexibility index (Phi) is 9.29. The van der Waals surface area contributed by atoms with Gasteiger partial charge in [0.1, 0.15) is 23.7 Å². The third-order valence-corrected chi connectivity index (χ3v) is 5.22. The summed E-state index contributed by atoms with van der Waals surface area (Å²) in [5.41, 5.74) is 1.64. The summed E-state index contributed by atoms with van der Waals surface area (Å²) in [6.45, 7) is 1.62. The average Bonchev–Trinajstić information content (AvgIpc) is 3.40. The molecule has 0 spiro atoms. The normalized spacial score (nSPS) is 12.2. The van der Waals surface area contributed by atoms with Crippen LogP contribution in [0.3, 0.4) is 0 Å². The molecule has 3 aromatic heterocycles. The van der Waals surface area contributed by atoms with Crippen LogP contribution >= 0.6 is 0 Å². The molecular formula is C28H16F4N7Pt-3. The van der Waals surface area contributed by atoms with Gasteiger partial charge in [-0.1, -0.05) is 60.2 Å². The topological polar surface area (TPSA) is 70.4 Å². The van der Waals surface area contributed by atoms with Crippen LogP contribution < -0.4 is 9.91 Å². The molecule has 5 aromatic rings. The molecule has 4 heterocycles. The number of anilines is 2. The zero-order chi connectivity index (χ0) is 27.2. The molecule has 0 bridgehead atoms. The van der Waals surface area contributed by atoms with Crippen LogP contribution in [-0.2, 0) is 21.1 Å². The minimum atomic E-state index is -0.970. The van der Waals surface area contributed by atoms with Crippen LogP contribution in [0.15, 0.2) is 96.4 Å². The molecule has 7 nitrogen and oxygen atoms in total.